The summed E-state index contributed by atoms with van der Waals surface area (Å²) < 4.78 is 7.70. The molecule has 4 unspecified atom stereocenters. The fourth-order valence-electron chi connectivity index (χ4n) is 6.50. The molecule has 1 aliphatic carbocycles. The lowest BCUT2D eigenvalue weighted by Crippen LogP contribution is -2.58. The van der Waals surface area contributed by atoms with Gasteiger partial charge in [-0.15, -0.1) is 0 Å². The Labute approximate surface area is 254 Å². The zero-order valence-electron chi connectivity index (χ0n) is 25.2. The van der Waals surface area contributed by atoms with Crippen molar-refractivity contribution in [2.45, 2.75) is 88.2 Å². The average molecular weight is 611 g/mol. The number of benzene rings is 1. The zero-order valence-corrected chi connectivity index (χ0v) is 25.2. The van der Waals surface area contributed by atoms with Crippen LogP contribution >= 0.6 is 0 Å². The maximum atomic E-state index is 11.1. The minimum Gasteiger partial charge on any atom is -0.395 e. The van der Waals surface area contributed by atoms with Crippen molar-refractivity contribution in [1.82, 2.24) is 34.4 Å². The summed E-state index contributed by atoms with van der Waals surface area (Å²) >= 11 is 0. The largest absolute Gasteiger partial charge is 0.395 e. The van der Waals surface area contributed by atoms with Crippen molar-refractivity contribution in [2.75, 3.05) is 25.5 Å². The van der Waals surface area contributed by atoms with Crippen LogP contribution < -0.4 is 5.73 Å². The predicted molar refractivity (Wildman–Crippen MR) is 161 cm³/mol. The summed E-state index contributed by atoms with van der Waals surface area (Å²) in [5, 5.41) is 52.4. The Balaban J connectivity index is 1.07. The summed E-state index contributed by atoms with van der Waals surface area (Å²) in [5.41, 5.74) is 7.37. The topological polar surface area (TPSA) is 212 Å². The number of aromatic amines is 1. The summed E-state index contributed by atoms with van der Waals surface area (Å²) in [7, 11) is 0. The number of aryl methyl sites for hydroxylation is 1. The number of nitrogens with two attached hydrogens (primary N) is 1. The second-order valence-electron chi connectivity index (χ2n) is 13.1. The Bertz CT molecular complexity index is 1610. The van der Waals surface area contributed by atoms with E-state index in [4.69, 9.17) is 15.5 Å². The van der Waals surface area contributed by atoms with Crippen molar-refractivity contribution in [3.05, 3.63) is 42.2 Å². The monoisotopic (exact) mass is 610 g/mol. The van der Waals surface area contributed by atoms with Crippen molar-refractivity contribution in [3.63, 3.8) is 0 Å². The first kappa shape index (κ1) is 30.8. The van der Waals surface area contributed by atoms with Gasteiger partial charge >= 0.3 is 0 Å². The molecule has 3 aromatic heterocycles. The maximum absolute atomic E-state index is 11.1. The van der Waals surface area contributed by atoms with Crippen molar-refractivity contribution in [3.8, 4) is 0 Å². The molecule has 14 nitrogen and oxygen atoms in total. The van der Waals surface area contributed by atoms with Crippen LogP contribution in [0.4, 0.5) is 5.82 Å². The molecule has 0 bridgehead atoms. The minimum absolute atomic E-state index is 0.0847. The van der Waals surface area contributed by atoms with Crippen LogP contribution in [0.2, 0.25) is 0 Å². The summed E-state index contributed by atoms with van der Waals surface area (Å²) in [4.78, 5) is 22.5. The molecule has 0 radical (unpaired) electrons. The molecule has 44 heavy (non-hydrogen) atoms. The Morgan fingerprint density at radius 2 is 1.84 bits per heavy atom. The lowest BCUT2D eigenvalue weighted by molar-refractivity contribution is -0.151. The minimum atomic E-state index is -1.23. The van der Waals surface area contributed by atoms with Crippen LogP contribution in [0.15, 0.2) is 30.9 Å². The molecule has 1 aliphatic heterocycles. The Morgan fingerprint density at radius 1 is 1.09 bits per heavy atom. The van der Waals surface area contributed by atoms with Gasteiger partial charge in [0.05, 0.1) is 30.6 Å². The maximum Gasteiger partial charge on any atom is 0.167 e. The molecule has 0 spiro atoms. The van der Waals surface area contributed by atoms with Crippen LogP contribution in [0.5, 0.6) is 0 Å². The molecule has 8 N–H and O–H groups in total. The molecular weight excluding hydrogens is 568 g/mol. The van der Waals surface area contributed by atoms with E-state index in [0.29, 0.717) is 17.1 Å². The molecule has 6 rings (SSSR count). The molecule has 0 amide bonds. The molecule has 4 heterocycles. The standard InChI is InChI=1S/C30H42N8O6/c1-29(2,43)38(11-21-24(41)25(42)28(44-21)37-15-34-23-26(31)32-14-33-27(23)37)18-8-16(9-18)4-7-22-35-19-6-5-17(10-20(19)36-22)30(3,12-39)13-40/h5-6,10,14-16,18,21,24-25,28,39-43H,4,7-9,11-13H2,1-3H3,(H,35,36)(H2,31,32,33). The number of aliphatic hydroxyl groups excluding tert-OH is 4. The molecular formula is C30H42N8O6. The van der Waals surface area contributed by atoms with E-state index >= 15 is 0 Å². The number of nitrogen functional groups attached to an aromatic ring is 1. The van der Waals surface area contributed by atoms with E-state index in [1.165, 1.54) is 12.7 Å². The number of nitrogens with one attached hydrogen (secondary N) is 1. The number of anilines is 1. The molecule has 1 saturated heterocycles. The Hall–Kier alpha value is -3.24. The van der Waals surface area contributed by atoms with Crippen molar-refractivity contribution >= 4 is 28.0 Å². The van der Waals surface area contributed by atoms with Crippen LogP contribution in [0.1, 0.15) is 57.6 Å². The van der Waals surface area contributed by atoms with Gasteiger partial charge in [0.1, 0.15) is 41.7 Å². The van der Waals surface area contributed by atoms with Gasteiger partial charge in [0.15, 0.2) is 17.7 Å². The van der Waals surface area contributed by atoms with E-state index in [9.17, 15) is 25.5 Å². The number of aromatic nitrogens is 6. The first-order valence-corrected chi connectivity index (χ1v) is 15.1. The third-order valence-corrected chi connectivity index (χ3v) is 9.44. The number of nitrogens with zero attached hydrogens (tertiary/aromatic N) is 6. The Kier molecular flexibility index (Phi) is 8.11. The molecule has 2 fully saturated rings. The highest BCUT2D eigenvalue weighted by molar-refractivity contribution is 5.81. The highest BCUT2D eigenvalue weighted by atomic mass is 16.6. The van der Waals surface area contributed by atoms with Crippen LogP contribution in [0, 0.1) is 5.92 Å². The zero-order chi connectivity index (χ0) is 31.4. The van der Waals surface area contributed by atoms with Gasteiger partial charge in [0.2, 0.25) is 0 Å². The highest BCUT2D eigenvalue weighted by Gasteiger charge is 2.48. The summed E-state index contributed by atoms with van der Waals surface area (Å²) in [6.07, 6.45) is 2.13. The number of aliphatic hydroxyl groups is 5. The number of hydrogen-bond donors (Lipinski definition) is 7. The van der Waals surface area contributed by atoms with E-state index in [1.807, 2.05) is 30.0 Å². The van der Waals surface area contributed by atoms with Crippen LogP contribution in [-0.2, 0) is 16.6 Å². The summed E-state index contributed by atoms with van der Waals surface area (Å²) in [5.74, 6) is 1.54. The molecule has 2 aliphatic rings. The summed E-state index contributed by atoms with van der Waals surface area (Å²) in [6.45, 7) is 5.19. The number of hydrogen-bond acceptors (Lipinski definition) is 12. The van der Waals surface area contributed by atoms with Gasteiger partial charge in [0.25, 0.3) is 0 Å². The van der Waals surface area contributed by atoms with E-state index in [-0.39, 0.29) is 31.6 Å². The third-order valence-electron chi connectivity index (χ3n) is 9.44. The van der Waals surface area contributed by atoms with Gasteiger partial charge in [-0.25, -0.2) is 19.9 Å². The van der Waals surface area contributed by atoms with Gasteiger partial charge in [-0.3, -0.25) is 9.47 Å². The number of rotatable bonds is 11. The number of ether oxygens (including phenoxy) is 1. The number of fused-ring (bicyclic) bond motifs is 2. The fraction of sp³-hybridized carbons (Fsp3) is 0.600. The summed E-state index contributed by atoms with van der Waals surface area (Å²) in [6, 6.07) is 5.84. The molecule has 1 aromatic carbocycles. The van der Waals surface area contributed by atoms with Gasteiger partial charge in [-0.05, 0) is 56.7 Å². The molecule has 4 aromatic rings. The van der Waals surface area contributed by atoms with Gasteiger partial charge < -0.3 is 41.0 Å². The van der Waals surface area contributed by atoms with Crippen molar-refractivity contribution in [1.29, 1.82) is 0 Å². The van der Waals surface area contributed by atoms with E-state index < -0.39 is 35.7 Å². The molecule has 238 valence electrons. The average Bonchev–Trinajstić information content (AvgIpc) is 3.66. The SMILES string of the molecule is CC(CO)(CO)c1ccc2nc(CCC3CC(N(CC4OC(n5cnc6c(N)ncnc65)C(O)C4O)C(C)(C)O)C3)[nH]c2c1. The first-order valence-electron chi connectivity index (χ1n) is 15.1. The van der Waals surface area contributed by atoms with Gasteiger partial charge in [0, 0.05) is 24.4 Å². The Morgan fingerprint density at radius 3 is 2.55 bits per heavy atom. The van der Waals surface area contributed by atoms with Crippen LogP contribution in [0.3, 0.4) is 0 Å². The van der Waals surface area contributed by atoms with E-state index in [0.717, 1.165) is 48.1 Å². The normalized spacial score (nSPS) is 26.2. The van der Waals surface area contributed by atoms with Crippen LogP contribution in [-0.4, -0.2) is 110 Å². The number of H-pyrrole nitrogens is 1. The second kappa shape index (κ2) is 11.6. The quantitative estimate of drug-likeness (QED) is 0.116. The fourth-order valence-corrected chi connectivity index (χ4v) is 6.50. The third kappa shape index (κ3) is 5.55. The number of imidazole rings is 2. The molecule has 14 heteroatoms. The highest BCUT2D eigenvalue weighted by Crippen LogP contribution is 2.40. The predicted octanol–water partition coefficient (Wildman–Crippen LogP) is 0.588. The first-order chi connectivity index (χ1) is 20.9. The van der Waals surface area contributed by atoms with Crippen LogP contribution in [0.25, 0.3) is 22.2 Å². The van der Waals surface area contributed by atoms with Crippen molar-refractivity contribution < 1.29 is 30.3 Å². The molecule has 4 atom stereocenters. The second-order valence-corrected chi connectivity index (χ2v) is 13.1. The van der Waals surface area contributed by atoms with Gasteiger partial charge in [-0.2, -0.15) is 0 Å². The lowest BCUT2D eigenvalue weighted by Gasteiger charge is -2.49. The smallest absolute Gasteiger partial charge is 0.167 e. The van der Waals surface area contributed by atoms with E-state index in [1.54, 1.807) is 18.4 Å². The van der Waals surface area contributed by atoms with Crippen molar-refractivity contribution in [2.24, 2.45) is 5.92 Å². The molecule has 1 saturated carbocycles. The van der Waals surface area contributed by atoms with E-state index in [2.05, 4.69) is 19.9 Å². The van der Waals surface area contributed by atoms with Gasteiger partial charge in [-0.1, -0.05) is 13.0 Å². The lowest BCUT2D eigenvalue weighted by atomic mass is 9.76.